The third-order valence-corrected chi connectivity index (χ3v) is 4.20. The van der Waals surface area contributed by atoms with Crippen LogP contribution in [0.25, 0.3) is 17.2 Å². The molecule has 7 nitrogen and oxygen atoms in total. The summed E-state index contributed by atoms with van der Waals surface area (Å²) in [4.78, 5) is 12.9. The molecule has 1 aromatic carbocycles. The third-order valence-electron chi connectivity index (χ3n) is 3.25. The van der Waals surface area contributed by atoms with E-state index in [0.29, 0.717) is 33.9 Å². The molecule has 0 aliphatic heterocycles. The highest BCUT2D eigenvalue weighted by Crippen LogP contribution is 2.25. The molecule has 4 aromatic rings. The van der Waals surface area contributed by atoms with E-state index in [1.165, 1.54) is 23.9 Å². The maximum absolute atomic E-state index is 13.3. The molecule has 124 valence electrons. The first-order valence-electron chi connectivity index (χ1n) is 7.32. The molecular weight excluding hydrogens is 343 g/mol. The summed E-state index contributed by atoms with van der Waals surface area (Å²) in [7, 11) is 0. The number of hydrogen-bond donors (Lipinski definition) is 0. The van der Waals surface area contributed by atoms with Crippen LogP contribution in [0.1, 0.15) is 5.89 Å². The molecule has 0 saturated carbocycles. The molecule has 0 atom stereocenters. The van der Waals surface area contributed by atoms with E-state index in [0.717, 1.165) is 0 Å². The van der Waals surface area contributed by atoms with E-state index in [2.05, 4.69) is 25.2 Å². The maximum atomic E-state index is 13.3. The average molecular weight is 354 g/mol. The second-order valence-electron chi connectivity index (χ2n) is 4.95. The minimum atomic E-state index is -0.346. The van der Waals surface area contributed by atoms with Crippen LogP contribution in [0.15, 0.2) is 64.7 Å². The van der Waals surface area contributed by atoms with Crippen molar-refractivity contribution in [2.45, 2.75) is 10.8 Å². The normalized spacial score (nSPS) is 10.9. The second-order valence-corrected chi connectivity index (χ2v) is 5.91. The van der Waals surface area contributed by atoms with Gasteiger partial charge in [0.05, 0.1) is 5.75 Å². The van der Waals surface area contributed by atoms with Gasteiger partial charge < -0.3 is 4.52 Å². The van der Waals surface area contributed by atoms with E-state index < -0.39 is 0 Å². The second kappa shape index (κ2) is 6.81. The highest BCUT2D eigenvalue weighted by Gasteiger charge is 2.13. The topological polar surface area (TPSA) is 82.5 Å². The van der Waals surface area contributed by atoms with Crippen molar-refractivity contribution in [2.24, 2.45) is 0 Å². The summed E-state index contributed by atoms with van der Waals surface area (Å²) in [6.07, 6.45) is 6.69. The summed E-state index contributed by atoms with van der Waals surface area (Å²) in [6.45, 7) is 0. The van der Waals surface area contributed by atoms with Crippen LogP contribution in [0.5, 0.6) is 0 Å². The first-order chi connectivity index (χ1) is 12.3. The Kier molecular flexibility index (Phi) is 4.21. The minimum absolute atomic E-state index is 0.346. The maximum Gasteiger partial charge on any atom is 0.237 e. The zero-order valence-electron chi connectivity index (χ0n) is 12.8. The summed E-state index contributed by atoms with van der Waals surface area (Å²) in [5.41, 5.74) is 0.566. The number of rotatable bonds is 5. The Morgan fingerprint density at radius 3 is 2.88 bits per heavy atom. The predicted molar refractivity (Wildman–Crippen MR) is 88.4 cm³/mol. The molecule has 3 heterocycles. The fraction of sp³-hybridized carbons (Fsp3) is 0.0625. The number of aromatic nitrogens is 6. The van der Waals surface area contributed by atoms with Gasteiger partial charge in [-0.1, -0.05) is 29.1 Å². The lowest BCUT2D eigenvalue weighted by molar-refractivity contribution is 0.391. The van der Waals surface area contributed by atoms with Crippen LogP contribution in [0.4, 0.5) is 4.39 Å². The summed E-state index contributed by atoms with van der Waals surface area (Å²) in [6, 6.07) is 7.87. The van der Waals surface area contributed by atoms with E-state index in [9.17, 15) is 4.39 Å². The molecule has 0 amide bonds. The van der Waals surface area contributed by atoms with Crippen LogP contribution in [0.2, 0.25) is 0 Å². The van der Waals surface area contributed by atoms with Gasteiger partial charge in [0, 0.05) is 30.4 Å². The number of nitrogens with zero attached hydrogens (tertiary/aromatic N) is 6. The first-order valence-corrected chi connectivity index (χ1v) is 8.30. The van der Waals surface area contributed by atoms with Crippen molar-refractivity contribution >= 4 is 11.8 Å². The number of benzene rings is 1. The molecule has 0 saturated heterocycles. The minimum Gasteiger partial charge on any atom is -0.338 e. The quantitative estimate of drug-likeness (QED) is 0.509. The van der Waals surface area contributed by atoms with Crippen molar-refractivity contribution in [3.63, 3.8) is 0 Å². The monoisotopic (exact) mass is 354 g/mol. The lowest BCUT2D eigenvalue weighted by atomic mass is 10.2. The lowest BCUT2D eigenvalue weighted by Gasteiger charge is -2.05. The average Bonchev–Trinajstić information content (AvgIpc) is 3.32. The van der Waals surface area contributed by atoms with Gasteiger partial charge in [-0.05, 0) is 18.2 Å². The highest BCUT2D eigenvalue weighted by atomic mass is 32.2. The van der Waals surface area contributed by atoms with E-state index in [-0.39, 0.29) is 5.82 Å². The molecule has 9 heteroatoms. The molecule has 0 N–H and O–H groups in total. The van der Waals surface area contributed by atoms with Crippen molar-refractivity contribution in [3.8, 4) is 17.2 Å². The molecular formula is C16H11FN6OS. The zero-order valence-corrected chi connectivity index (χ0v) is 13.6. The van der Waals surface area contributed by atoms with Crippen LogP contribution in [-0.2, 0) is 5.75 Å². The smallest absolute Gasteiger partial charge is 0.237 e. The highest BCUT2D eigenvalue weighted by molar-refractivity contribution is 7.98. The van der Waals surface area contributed by atoms with Gasteiger partial charge in [-0.25, -0.2) is 19.0 Å². The Hall–Kier alpha value is -3.07. The largest absolute Gasteiger partial charge is 0.338 e. The first kappa shape index (κ1) is 15.5. The van der Waals surface area contributed by atoms with Gasteiger partial charge in [-0.2, -0.15) is 10.1 Å². The SMILES string of the molecule is Fc1cccc(-c2noc(CSc3nccnc3-n3cccn3)n2)c1. The molecule has 25 heavy (non-hydrogen) atoms. The van der Waals surface area contributed by atoms with Crippen molar-refractivity contribution in [2.75, 3.05) is 0 Å². The fourth-order valence-corrected chi connectivity index (χ4v) is 2.95. The molecule has 0 radical (unpaired) electrons. The molecule has 0 bridgehead atoms. The van der Waals surface area contributed by atoms with Crippen LogP contribution in [-0.4, -0.2) is 29.9 Å². The van der Waals surface area contributed by atoms with Gasteiger partial charge in [0.2, 0.25) is 11.7 Å². The van der Waals surface area contributed by atoms with Crippen LogP contribution in [0.3, 0.4) is 0 Å². The molecule has 0 aliphatic rings. The van der Waals surface area contributed by atoms with Gasteiger partial charge in [-0.3, -0.25) is 0 Å². The van der Waals surface area contributed by atoms with Gasteiger partial charge in [0.15, 0.2) is 5.82 Å². The third kappa shape index (κ3) is 3.41. The molecule has 0 spiro atoms. The Balaban J connectivity index is 1.52. The fourth-order valence-electron chi connectivity index (χ4n) is 2.16. The zero-order chi connectivity index (χ0) is 17.1. The van der Waals surface area contributed by atoms with Crippen molar-refractivity contribution < 1.29 is 8.91 Å². The molecule has 3 aromatic heterocycles. The summed E-state index contributed by atoms with van der Waals surface area (Å²) in [5.74, 6) is 1.46. The van der Waals surface area contributed by atoms with Gasteiger partial charge in [0.1, 0.15) is 10.8 Å². The van der Waals surface area contributed by atoms with Gasteiger partial charge in [-0.15, -0.1) is 0 Å². The van der Waals surface area contributed by atoms with Crippen molar-refractivity contribution in [1.29, 1.82) is 0 Å². The molecule has 0 unspecified atom stereocenters. The summed E-state index contributed by atoms with van der Waals surface area (Å²) < 4.78 is 20.2. The molecule has 0 fully saturated rings. The van der Waals surface area contributed by atoms with Gasteiger partial charge in [0.25, 0.3) is 0 Å². The molecule has 0 aliphatic carbocycles. The Morgan fingerprint density at radius 1 is 1.12 bits per heavy atom. The van der Waals surface area contributed by atoms with E-state index in [1.54, 1.807) is 41.6 Å². The van der Waals surface area contributed by atoms with E-state index in [4.69, 9.17) is 4.52 Å². The predicted octanol–water partition coefficient (Wildman–Crippen LogP) is 3.14. The Labute approximate surface area is 145 Å². The Bertz CT molecular complexity index is 988. The number of halogens is 1. The summed E-state index contributed by atoms with van der Waals surface area (Å²) in [5, 5.41) is 8.75. The van der Waals surface area contributed by atoms with E-state index >= 15 is 0 Å². The van der Waals surface area contributed by atoms with Crippen LogP contribution in [0, 0.1) is 5.82 Å². The van der Waals surface area contributed by atoms with Crippen molar-refractivity contribution in [1.82, 2.24) is 29.9 Å². The van der Waals surface area contributed by atoms with Gasteiger partial charge >= 0.3 is 0 Å². The number of thioether (sulfide) groups is 1. The molecule has 4 rings (SSSR count). The van der Waals surface area contributed by atoms with E-state index in [1.807, 2.05) is 6.07 Å². The summed E-state index contributed by atoms with van der Waals surface area (Å²) >= 11 is 1.41. The lowest BCUT2D eigenvalue weighted by Crippen LogP contribution is -2.01. The van der Waals surface area contributed by atoms with Crippen molar-refractivity contribution in [3.05, 3.63) is 66.8 Å². The standard InChI is InChI=1S/C16H11FN6OS/c17-12-4-1-3-11(9-12)14-21-13(24-22-14)10-25-16-15(18-6-7-19-16)23-8-2-5-20-23/h1-9H,10H2. The Morgan fingerprint density at radius 2 is 2.04 bits per heavy atom. The van der Waals surface area contributed by atoms with Crippen LogP contribution < -0.4 is 0 Å². The number of hydrogen-bond acceptors (Lipinski definition) is 7. The van der Waals surface area contributed by atoms with Crippen LogP contribution >= 0.6 is 11.8 Å².